The molecule has 0 fully saturated rings. The van der Waals surface area contributed by atoms with Crippen LogP contribution in [0.4, 0.5) is 8.78 Å². The van der Waals surface area contributed by atoms with Crippen LogP contribution in [-0.2, 0) is 11.2 Å². The molecule has 0 aliphatic heterocycles. The molecule has 26 heavy (non-hydrogen) atoms. The number of nitrogens with one attached hydrogen (secondary N) is 1. The average molecular weight is 383 g/mol. The molecule has 0 aliphatic rings. The number of Topliss-reactive ketones (excluding diaryl/α,β-unsaturated/α-hetero) is 1. The Bertz CT molecular complexity index is 735. The number of hydrogen-bond donors (Lipinski definition) is 1. The van der Waals surface area contributed by atoms with Crippen LogP contribution in [0.5, 0.6) is 11.5 Å². The van der Waals surface area contributed by atoms with Gasteiger partial charge in [0.25, 0.3) is 0 Å². The Balaban J connectivity index is 1.76. The van der Waals surface area contributed by atoms with Gasteiger partial charge < -0.3 is 14.8 Å². The van der Waals surface area contributed by atoms with Crippen molar-refractivity contribution in [2.45, 2.75) is 25.9 Å². The maximum atomic E-state index is 12.3. The Kier molecular flexibility index (Phi) is 7.53. The standard InChI is InChI=1S/C18H19F2NO4S/c1-24-15-11-12(4-6-14(15)25-18(19)20)8-9-21-17(23)7-5-13(22)16-3-2-10-26-16/h2-4,6,10-11,18H,5,7-9H2,1H3,(H,21,23). The molecule has 1 amide bonds. The number of thiophene rings is 1. The molecule has 8 heteroatoms. The number of benzene rings is 1. The topological polar surface area (TPSA) is 64.6 Å². The minimum atomic E-state index is -2.93. The van der Waals surface area contributed by atoms with Gasteiger partial charge in [-0.25, -0.2) is 0 Å². The molecule has 0 atom stereocenters. The normalized spacial score (nSPS) is 10.6. The third kappa shape index (κ3) is 6.11. The molecule has 1 heterocycles. The molecule has 0 saturated carbocycles. The van der Waals surface area contributed by atoms with Gasteiger partial charge in [0, 0.05) is 19.4 Å². The fourth-order valence-electron chi connectivity index (χ4n) is 2.28. The monoisotopic (exact) mass is 383 g/mol. The Labute approximate surface area is 153 Å². The molecule has 2 aromatic rings. The van der Waals surface area contributed by atoms with Crippen LogP contribution in [0.3, 0.4) is 0 Å². The van der Waals surface area contributed by atoms with Gasteiger partial charge in [-0.1, -0.05) is 12.1 Å². The fourth-order valence-corrected chi connectivity index (χ4v) is 2.98. The lowest BCUT2D eigenvalue weighted by molar-refractivity contribution is -0.121. The van der Waals surface area contributed by atoms with E-state index in [1.165, 1.54) is 24.5 Å². The number of carbonyl (C=O) groups excluding carboxylic acids is 2. The first-order chi connectivity index (χ1) is 12.5. The van der Waals surface area contributed by atoms with Crippen molar-refractivity contribution >= 4 is 23.0 Å². The van der Waals surface area contributed by atoms with E-state index in [1.807, 2.05) is 5.38 Å². The molecule has 1 aromatic heterocycles. The van der Waals surface area contributed by atoms with Crippen molar-refractivity contribution in [2.75, 3.05) is 13.7 Å². The lowest BCUT2D eigenvalue weighted by atomic mass is 10.1. The van der Waals surface area contributed by atoms with E-state index >= 15 is 0 Å². The predicted octanol–water partition coefficient (Wildman–Crippen LogP) is 3.68. The van der Waals surface area contributed by atoms with Crippen LogP contribution >= 0.6 is 11.3 Å². The second-order valence-corrected chi connectivity index (χ2v) is 6.31. The number of hydrogen-bond acceptors (Lipinski definition) is 5. The second kappa shape index (κ2) is 9.86. The summed E-state index contributed by atoms with van der Waals surface area (Å²) < 4.78 is 34.0. The number of halogens is 2. The van der Waals surface area contributed by atoms with Gasteiger partial charge in [0.2, 0.25) is 5.91 Å². The van der Waals surface area contributed by atoms with Gasteiger partial charge in [-0.15, -0.1) is 11.3 Å². The number of methoxy groups -OCH3 is 1. The zero-order chi connectivity index (χ0) is 18.9. The van der Waals surface area contributed by atoms with Crippen molar-refractivity contribution in [3.63, 3.8) is 0 Å². The number of amides is 1. The maximum absolute atomic E-state index is 12.3. The summed E-state index contributed by atoms with van der Waals surface area (Å²) in [6.45, 7) is -2.56. The van der Waals surface area contributed by atoms with Crippen molar-refractivity contribution in [2.24, 2.45) is 0 Å². The first kappa shape index (κ1) is 19.8. The van der Waals surface area contributed by atoms with E-state index in [1.54, 1.807) is 24.3 Å². The minimum absolute atomic E-state index is 0.0395. The maximum Gasteiger partial charge on any atom is 0.387 e. The van der Waals surface area contributed by atoms with E-state index in [9.17, 15) is 18.4 Å². The Morgan fingerprint density at radius 2 is 2.00 bits per heavy atom. The third-order valence-electron chi connectivity index (χ3n) is 3.56. The summed E-state index contributed by atoms with van der Waals surface area (Å²) in [5.74, 6) is -0.0907. The molecule has 0 spiro atoms. The van der Waals surface area contributed by atoms with Gasteiger partial charge in [-0.2, -0.15) is 8.78 Å². The predicted molar refractivity (Wildman–Crippen MR) is 94.2 cm³/mol. The van der Waals surface area contributed by atoms with Crippen LogP contribution < -0.4 is 14.8 Å². The number of alkyl halides is 2. The van der Waals surface area contributed by atoms with Crippen molar-refractivity contribution in [3.05, 3.63) is 46.2 Å². The van der Waals surface area contributed by atoms with Gasteiger partial charge in [0.05, 0.1) is 12.0 Å². The van der Waals surface area contributed by atoms with Crippen LogP contribution in [0.1, 0.15) is 28.1 Å². The molecular weight excluding hydrogens is 364 g/mol. The quantitative estimate of drug-likeness (QED) is 0.636. The Morgan fingerprint density at radius 3 is 2.65 bits per heavy atom. The highest BCUT2D eigenvalue weighted by molar-refractivity contribution is 7.12. The first-order valence-electron chi connectivity index (χ1n) is 7.94. The molecular formula is C18H19F2NO4S. The van der Waals surface area contributed by atoms with E-state index in [4.69, 9.17) is 4.74 Å². The van der Waals surface area contributed by atoms with Gasteiger partial charge in [-0.05, 0) is 35.6 Å². The van der Waals surface area contributed by atoms with Gasteiger partial charge in [0.15, 0.2) is 17.3 Å². The zero-order valence-electron chi connectivity index (χ0n) is 14.2. The molecule has 5 nitrogen and oxygen atoms in total. The third-order valence-corrected chi connectivity index (χ3v) is 4.47. The highest BCUT2D eigenvalue weighted by Crippen LogP contribution is 2.29. The van der Waals surface area contributed by atoms with E-state index in [-0.39, 0.29) is 36.0 Å². The summed E-state index contributed by atoms with van der Waals surface area (Å²) in [5.41, 5.74) is 0.804. The zero-order valence-corrected chi connectivity index (χ0v) is 15.0. The van der Waals surface area contributed by atoms with Crippen LogP contribution in [0.2, 0.25) is 0 Å². The van der Waals surface area contributed by atoms with Crippen LogP contribution in [0, 0.1) is 0 Å². The van der Waals surface area contributed by atoms with E-state index in [0.717, 1.165) is 5.56 Å². The van der Waals surface area contributed by atoms with E-state index < -0.39 is 6.61 Å². The lowest BCUT2D eigenvalue weighted by Crippen LogP contribution is -2.26. The molecule has 1 N–H and O–H groups in total. The summed E-state index contributed by atoms with van der Waals surface area (Å²) >= 11 is 1.36. The SMILES string of the molecule is COc1cc(CCNC(=O)CCC(=O)c2cccs2)ccc1OC(F)F. The van der Waals surface area contributed by atoms with Crippen LogP contribution in [0.25, 0.3) is 0 Å². The summed E-state index contributed by atoms with van der Waals surface area (Å²) in [7, 11) is 1.36. The summed E-state index contributed by atoms with van der Waals surface area (Å²) in [5, 5.41) is 4.55. The van der Waals surface area contributed by atoms with Crippen LogP contribution in [-0.4, -0.2) is 32.0 Å². The van der Waals surface area contributed by atoms with Gasteiger partial charge >= 0.3 is 6.61 Å². The molecule has 1 aromatic carbocycles. The van der Waals surface area contributed by atoms with Crippen molar-refractivity contribution in [1.29, 1.82) is 0 Å². The smallest absolute Gasteiger partial charge is 0.387 e. The molecule has 140 valence electrons. The highest BCUT2D eigenvalue weighted by Gasteiger charge is 2.12. The fraction of sp³-hybridized carbons (Fsp3) is 0.333. The molecule has 0 saturated heterocycles. The highest BCUT2D eigenvalue weighted by atomic mass is 32.1. The van der Waals surface area contributed by atoms with Crippen LogP contribution in [0.15, 0.2) is 35.7 Å². The van der Waals surface area contributed by atoms with Crippen molar-refractivity contribution in [3.8, 4) is 11.5 Å². The number of rotatable bonds is 10. The average Bonchev–Trinajstić information content (AvgIpc) is 3.15. The van der Waals surface area contributed by atoms with Crippen molar-refractivity contribution in [1.82, 2.24) is 5.32 Å². The molecule has 0 bridgehead atoms. The van der Waals surface area contributed by atoms with E-state index in [0.29, 0.717) is 17.8 Å². The second-order valence-electron chi connectivity index (χ2n) is 5.36. The largest absolute Gasteiger partial charge is 0.493 e. The molecule has 2 rings (SSSR count). The lowest BCUT2D eigenvalue weighted by Gasteiger charge is -2.11. The first-order valence-corrected chi connectivity index (χ1v) is 8.82. The molecule has 0 unspecified atom stereocenters. The van der Waals surface area contributed by atoms with Gasteiger partial charge in [0.1, 0.15) is 0 Å². The minimum Gasteiger partial charge on any atom is -0.493 e. The molecule has 0 radical (unpaired) electrons. The Morgan fingerprint density at radius 1 is 1.19 bits per heavy atom. The number of ether oxygens (including phenoxy) is 2. The Hall–Kier alpha value is -2.48. The van der Waals surface area contributed by atoms with E-state index in [2.05, 4.69) is 10.1 Å². The number of carbonyl (C=O) groups is 2. The molecule has 0 aliphatic carbocycles. The summed E-state index contributed by atoms with van der Waals surface area (Å²) in [6.07, 6.45) is 0.789. The van der Waals surface area contributed by atoms with Gasteiger partial charge in [-0.3, -0.25) is 9.59 Å². The summed E-state index contributed by atoms with van der Waals surface area (Å²) in [4.78, 5) is 24.3. The number of ketones is 1. The van der Waals surface area contributed by atoms with Crippen molar-refractivity contribution < 1.29 is 27.8 Å². The summed E-state index contributed by atoms with van der Waals surface area (Å²) in [6, 6.07) is 8.16.